The first-order chi connectivity index (χ1) is 15.2. The summed E-state index contributed by atoms with van der Waals surface area (Å²) in [5.74, 6) is -1.56. The van der Waals surface area contributed by atoms with E-state index in [1.165, 1.54) is 12.1 Å². The fraction of sp³-hybridized carbons (Fsp3) is 0.261. The van der Waals surface area contributed by atoms with E-state index in [9.17, 15) is 13.6 Å². The molecule has 9 heteroatoms. The second-order valence-corrected chi connectivity index (χ2v) is 8.11. The Morgan fingerprint density at radius 1 is 1.09 bits per heavy atom. The normalized spacial score (nSPS) is 11.4. The number of halogens is 3. The average Bonchev–Trinajstić information content (AvgIpc) is 3.09. The maximum atomic E-state index is 14.4. The van der Waals surface area contributed by atoms with Crippen molar-refractivity contribution >= 4 is 17.4 Å². The summed E-state index contributed by atoms with van der Waals surface area (Å²) in [6.07, 6.45) is 1.76. The van der Waals surface area contributed by atoms with E-state index in [4.69, 9.17) is 11.6 Å². The molecule has 0 N–H and O–H groups in total. The number of likely N-dealkylation sites (N-methyl/N-ethyl adjacent to an activating group) is 1. The fourth-order valence-corrected chi connectivity index (χ4v) is 3.55. The monoisotopic (exact) mass is 459 g/mol. The summed E-state index contributed by atoms with van der Waals surface area (Å²) in [5.41, 5.74) is -0.191. The minimum absolute atomic E-state index is 0.0499. The molecule has 2 aromatic carbocycles. The number of aromatic nitrogens is 3. The van der Waals surface area contributed by atoms with Crippen LogP contribution in [-0.2, 0) is 13.1 Å². The van der Waals surface area contributed by atoms with Gasteiger partial charge in [-0.15, -0.1) is 16.8 Å². The Balaban J connectivity index is 2.21. The van der Waals surface area contributed by atoms with Gasteiger partial charge in [0, 0.05) is 17.1 Å². The predicted molar refractivity (Wildman–Crippen MR) is 120 cm³/mol. The van der Waals surface area contributed by atoms with Gasteiger partial charge < -0.3 is 4.90 Å². The first-order valence-corrected chi connectivity index (χ1v) is 10.3. The predicted octanol–water partition coefficient (Wildman–Crippen LogP) is 4.11. The Bertz CT molecular complexity index is 1130. The molecule has 3 aromatic rings. The molecule has 0 saturated heterocycles. The molecule has 0 unspecified atom stereocenters. The molecule has 32 heavy (non-hydrogen) atoms. The highest BCUT2D eigenvalue weighted by Gasteiger charge is 2.25. The summed E-state index contributed by atoms with van der Waals surface area (Å²) >= 11 is 6.17. The molecule has 168 valence electrons. The zero-order valence-corrected chi connectivity index (χ0v) is 18.9. The van der Waals surface area contributed by atoms with Gasteiger partial charge in [-0.1, -0.05) is 23.7 Å². The Morgan fingerprint density at radius 2 is 1.72 bits per heavy atom. The van der Waals surface area contributed by atoms with Crippen molar-refractivity contribution in [2.75, 3.05) is 27.7 Å². The maximum Gasteiger partial charge on any atom is 0.201 e. The molecule has 0 aliphatic heterocycles. The van der Waals surface area contributed by atoms with Crippen molar-refractivity contribution < 1.29 is 13.6 Å². The Morgan fingerprint density at radius 3 is 2.31 bits per heavy atom. The molecule has 0 saturated carbocycles. The highest BCUT2D eigenvalue weighted by Crippen LogP contribution is 2.27. The molecule has 1 aromatic heterocycles. The standard InChI is InChI=1S/C23H24ClF2N5O/c1-5-11-30(4)14-21-28-27-20(13-29(2)3)31(21)19-10-9-15(24)12-16(19)23(32)22-17(25)7-6-8-18(22)26/h5-10,12H,1,11,13-14H2,2-4H3. The minimum Gasteiger partial charge on any atom is -0.302 e. The van der Waals surface area contributed by atoms with Gasteiger partial charge in [-0.05, 0) is 51.5 Å². The Kier molecular flexibility index (Phi) is 7.50. The van der Waals surface area contributed by atoms with E-state index >= 15 is 0 Å². The van der Waals surface area contributed by atoms with Crippen LogP contribution < -0.4 is 0 Å². The Hall–Kier alpha value is -2.94. The van der Waals surface area contributed by atoms with Crippen LogP contribution in [0.3, 0.4) is 0 Å². The smallest absolute Gasteiger partial charge is 0.201 e. The zero-order valence-electron chi connectivity index (χ0n) is 18.1. The number of carbonyl (C=O) groups is 1. The molecule has 0 radical (unpaired) electrons. The van der Waals surface area contributed by atoms with Crippen molar-refractivity contribution in [3.05, 3.63) is 88.5 Å². The van der Waals surface area contributed by atoms with Crippen LogP contribution in [0.4, 0.5) is 8.78 Å². The number of rotatable bonds is 9. The van der Waals surface area contributed by atoms with E-state index < -0.39 is 23.0 Å². The number of nitrogens with zero attached hydrogens (tertiary/aromatic N) is 5. The van der Waals surface area contributed by atoms with Crippen LogP contribution >= 0.6 is 11.6 Å². The third-order valence-corrected chi connectivity index (χ3v) is 4.98. The molecule has 6 nitrogen and oxygen atoms in total. The number of ketones is 1. The van der Waals surface area contributed by atoms with Gasteiger partial charge in [-0.25, -0.2) is 8.78 Å². The second kappa shape index (κ2) is 10.1. The topological polar surface area (TPSA) is 54.3 Å². The highest BCUT2D eigenvalue weighted by molar-refractivity contribution is 6.31. The van der Waals surface area contributed by atoms with Gasteiger partial charge in [0.2, 0.25) is 5.78 Å². The molecule has 0 amide bonds. The van der Waals surface area contributed by atoms with Gasteiger partial charge in [-0.2, -0.15) is 0 Å². The van der Waals surface area contributed by atoms with Crippen molar-refractivity contribution in [2.45, 2.75) is 13.1 Å². The van der Waals surface area contributed by atoms with Crippen molar-refractivity contribution in [1.29, 1.82) is 0 Å². The molecule has 0 aliphatic carbocycles. The van der Waals surface area contributed by atoms with Crippen LogP contribution in [-0.4, -0.2) is 58.0 Å². The lowest BCUT2D eigenvalue weighted by Crippen LogP contribution is -2.22. The number of benzene rings is 2. The lowest BCUT2D eigenvalue weighted by atomic mass is 10.00. The molecule has 1 heterocycles. The molecule has 3 rings (SSSR count). The number of hydrogen-bond acceptors (Lipinski definition) is 5. The first kappa shape index (κ1) is 23.7. The molecule has 0 spiro atoms. The van der Waals surface area contributed by atoms with Gasteiger partial charge in [0.25, 0.3) is 0 Å². The lowest BCUT2D eigenvalue weighted by molar-refractivity contribution is 0.103. The Labute approximate surface area is 190 Å². The quantitative estimate of drug-likeness (QED) is 0.356. The van der Waals surface area contributed by atoms with Crippen LogP contribution in [0.1, 0.15) is 27.6 Å². The van der Waals surface area contributed by atoms with Gasteiger partial charge in [0.15, 0.2) is 11.6 Å². The molecular formula is C23H24ClF2N5O. The van der Waals surface area contributed by atoms with Crippen LogP contribution in [0, 0.1) is 11.6 Å². The van der Waals surface area contributed by atoms with Crippen LogP contribution in [0.25, 0.3) is 5.69 Å². The number of carbonyl (C=O) groups excluding carboxylic acids is 1. The highest BCUT2D eigenvalue weighted by atomic mass is 35.5. The summed E-state index contributed by atoms with van der Waals surface area (Å²) in [4.78, 5) is 17.2. The first-order valence-electron chi connectivity index (χ1n) is 9.89. The minimum atomic E-state index is -0.941. The van der Waals surface area contributed by atoms with Gasteiger partial charge in [0.1, 0.15) is 11.6 Å². The van der Waals surface area contributed by atoms with Crippen molar-refractivity contribution in [1.82, 2.24) is 24.6 Å². The van der Waals surface area contributed by atoms with E-state index in [1.54, 1.807) is 22.8 Å². The summed E-state index contributed by atoms with van der Waals surface area (Å²) in [6, 6.07) is 7.96. The summed E-state index contributed by atoms with van der Waals surface area (Å²) in [6.45, 7) is 5.20. The van der Waals surface area contributed by atoms with Crippen molar-refractivity contribution in [3.63, 3.8) is 0 Å². The molecular weight excluding hydrogens is 436 g/mol. The van der Waals surface area contributed by atoms with E-state index in [2.05, 4.69) is 16.8 Å². The van der Waals surface area contributed by atoms with Crippen molar-refractivity contribution in [2.24, 2.45) is 0 Å². The second-order valence-electron chi connectivity index (χ2n) is 7.68. The molecule has 0 bridgehead atoms. The SMILES string of the molecule is C=CCN(C)Cc1nnc(CN(C)C)n1-c1ccc(Cl)cc1C(=O)c1c(F)cccc1F. The third kappa shape index (κ3) is 5.09. The average molecular weight is 460 g/mol. The van der Waals surface area contributed by atoms with E-state index in [0.29, 0.717) is 37.0 Å². The van der Waals surface area contributed by atoms with Gasteiger partial charge in [0.05, 0.1) is 24.3 Å². The van der Waals surface area contributed by atoms with E-state index in [1.807, 2.05) is 30.9 Å². The van der Waals surface area contributed by atoms with Gasteiger partial charge in [-0.3, -0.25) is 14.3 Å². The van der Waals surface area contributed by atoms with E-state index in [-0.39, 0.29) is 10.6 Å². The summed E-state index contributed by atoms with van der Waals surface area (Å²) in [5, 5.41) is 8.88. The zero-order chi connectivity index (χ0) is 23.4. The van der Waals surface area contributed by atoms with Gasteiger partial charge >= 0.3 is 0 Å². The molecule has 0 atom stereocenters. The number of hydrogen-bond donors (Lipinski definition) is 0. The van der Waals surface area contributed by atoms with Crippen LogP contribution in [0.15, 0.2) is 49.1 Å². The summed E-state index contributed by atoms with van der Waals surface area (Å²) < 4.78 is 30.5. The third-order valence-electron chi connectivity index (χ3n) is 4.74. The molecule has 0 aliphatic rings. The largest absolute Gasteiger partial charge is 0.302 e. The van der Waals surface area contributed by atoms with Crippen LogP contribution in [0.2, 0.25) is 5.02 Å². The van der Waals surface area contributed by atoms with Crippen molar-refractivity contribution in [3.8, 4) is 5.69 Å². The fourth-order valence-electron chi connectivity index (χ4n) is 3.38. The van der Waals surface area contributed by atoms with Crippen LogP contribution in [0.5, 0.6) is 0 Å². The summed E-state index contributed by atoms with van der Waals surface area (Å²) in [7, 11) is 5.66. The maximum absolute atomic E-state index is 14.4. The van der Waals surface area contributed by atoms with E-state index in [0.717, 1.165) is 12.1 Å². The lowest BCUT2D eigenvalue weighted by Gasteiger charge is -2.19. The molecule has 0 fully saturated rings.